The van der Waals surface area contributed by atoms with Crippen LogP contribution in [-0.2, 0) is 48.2 Å². The van der Waals surface area contributed by atoms with Crippen LogP contribution < -0.4 is 16.0 Å². The summed E-state index contributed by atoms with van der Waals surface area (Å²) in [6, 6.07) is 32.2. The van der Waals surface area contributed by atoms with Crippen LogP contribution in [-0.4, -0.2) is 69.9 Å². The number of nitrogens with zero attached hydrogens (tertiary/aromatic N) is 3. The number of anilines is 1. The molecule has 0 bridgehead atoms. The maximum Gasteiger partial charge on any atom is 0.256 e. The number of hydrogen-bond donors (Lipinski definition) is 3. The zero-order chi connectivity index (χ0) is 39.5. The predicted molar refractivity (Wildman–Crippen MR) is 214 cm³/mol. The third-order valence-electron chi connectivity index (χ3n) is 11.2. The molecule has 12 nitrogen and oxygen atoms in total. The molecular formula is C45H44N6O6. The van der Waals surface area contributed by atoms with Gasteiger partial charge in [0, 0.05) is 72.5 Å². The number of carbonyl (C=O) groups is 5. The summed E-state index contributed by atoms with van der Waals surface area (Å²) in [7, 11) is 0. The molecule has 8 rings (SSSR count). The van der Waals surface area contributed by atoms with E-state index in [2.05, 4.69) is 22.5 Å². The van der Waals surface area contributed by atoms with Gasteiger partial charge in [0.05, 0.1) is 6.54 Å². The lowest BCUT2D eigenvalue weighted by Crippen LogP contribution is -2.52. The number of nitrogens with one attached hydrogen (secondary N) is 3. The van der Waals surface area contributed by atoms with E-state index in [0.717, 1.165) is 33.4 Å². The van der Waals surface area contributed by atoms with Crippen LogP contribution in [0.5, 0.6) is 0 Å². The third-order valence-corrected chi connectivity index (χ3v) is 11.2. The molecule has 4 aliphatic rings. The zero-order valence-electron chi connectivity index (χ0n) is 31.5. The van der Waals surface area contributed by atoms with E-state index in [1.165, 1.54) is 0 Å². The number of carbonyl (C=O) groups excluding carboxylic acids is 5. The molecule has 5 amide bonds. The smallest absolute Gasteiger partial charge is 0.256 e. The first-order chi connectivity index (χ1) is 27.7. The van der Waals surface area contributed by atoms with Gasteiger partial charge in [0.1, 0.15) is 6.04 Å². The molecule has 0 saturated carbocycles. The van der Waals surface area contributed by atoms with E-state index in [1.54, 1.807) is 4.90 Å². The lowest BCUT2D eigenvalue weighted by molar-refractivity contribution is -0.143. The van der Waals surface area contributed by atoms with Gasteiger partial charge in [0.2, 0.25) is 29.5 Å². The Bertz CT molecular complexity index is 2280. The van der Waals surface area contributed by atoms with E-state index in [4.69, 9.17) is 9.73 Å². The Morgan fingerprint density at radius 3 is 2.42 bits per heavy atom. The van der Waals surface area contributed by atoms with Gasteiger partial charge in [-0.25, -0.2) is 4.99 Å². The summed E-state index contributed by atoms with van der Waals surface area (Å²) in [6.45, 7) is 5.00. The monoisotopic (exact) mass is 764 g/mol. The number of rotatable bonds is 12. The minimum absolute atomic E-state index is 0.159. The number of fused-ring (bicyclic) bond motifs is 4. The maximum atomic E-state index is 14.8. The fourth-order valence-corrected chi connectivity index (χ4v) is 8.32. The van der Waals surface area contributed by atoms with E-state index >= 15 is 0 Å². The predicted octanol–water partition coefficient (Wildman–Crippen LogP) is 5.05. The fourth-order valence-electron chi connectivity index (χ4n) is 8.32. The van der Waals surface area contributed by atoms with E-state index in [-0.39, 0.29) is 55.5 Å². The topological polar surface area (TPSA) is 150 Å². The van der Waals surface area contributed by atoms with Crippen molar-refractivity contribution in [3.05, 3.63) is 143 Å². The molecule has 4 aromatic rings. The molecule has 4 heterocycles. The second kappa shape index (κ2) is 15.9. The third kappa shape index (κ3) is 7.54. The van der Waals surface area contributed by atoms with E-state index in [1.807, 2.05) is 108 Å². The molecule has 3 atom stereocenters. The number of amides is 5. The van der Waals surface area contributed by atoms with Gasteiger partial charge in [0.15, 0.2) is 11.6 Å². The first kappa shape index (κ1) is 37.4. The minimum atomic E-state index is -1.33. The summed E-state index contributed by atoms with van der Waals surface area (Å²) in [4.78, 5) is 74.2. The van der Waals surface area contributed by atoms with Crippen molar-refractivity contribution in [2.45, 2.75) is 69.3 Å². The average molecular weight is 765 g/mol. The highest BCUT2D eigenvalue weighted by Crippen LogP contribution is 2.46. The molecule has 0 spiro atoms. The fraction of sp³-hybridized carbons (Fsp3) is 0.289. The molecular weight excluding hydrogens is 721 g/mol. The normalized spacial score (nSPS) is 21.1. The Morgan fingerprint density at radius 1 is 0.877 bits per heavy atom. The highest BCUT2D eigenvalue weighted by atomic mass is 16.5. The van der Waals surface area contributed by atoms with Crippen LogP contribution in [0.2, 0.25) is 0 Å². The van der Waals surface area contributed by atoms with E-state index < -0.39 is 17.7 Å². The van der Waals surface area contributed by atoms with E-state index in [0.29, 0.717) is 56.1 Å². The van der Waals surface area contributed by atoms with Crippen LogP contribution in [0.1, 0.15) is 71.6 Å². The van der Waals surface area contributed by atoms with Crippen LogP contribution in [0, 0.1) is 0 Å². The molecule has 1 unspecified atom stereocenters. The molecule has 0 aliphatic carbocycles. The van der Waals surface area contributed by atoms with Gasteiger partial charge in [-0.3, -0.25) is 29.3 Å². The largest absolute Gasteiger partial charge is 0.466 e. The van der Waals surface area contributed by atoms with Crippen molar-refractivity contribution in [2.75, 3.05) is 18.4 Å². The minimum Gasteiger partial charge on any atom is -0.466 e. The summed E-state index contributed by atoms with van der Waals surface area (Å²) in [6.07, 6.45) is 1.61. The Morgan fingerprint density at radius 2 is 1.63 bits per heavy atom. The molecule has 290 valence electrons. The average Bonchev–Trinajstić information content (AvgIpc) is 3.74. The molecule has 1 fully saturated rings. The number of ether oxygens (including phenoxy) is 1. The summed E-state index contributed by atoms with van der Waals surface area (Å²) in [5.74, 6) is -0.959. The van der Waals surface area contributed by atoms with Crippen molar-refractivity contribution in [2.24, 2.45) is 4.99 Å². The van der Waals surface area contributed by atoms with Crippen molar-refractivity contribution >= 4 is 46.8 Å². The van der Waals surface area contributed by atoms with Gasteiger partial charge in [-0.05, 0) is 48.6 Å². The molecule has 0 aromatic heterocycles. The van der Waals surface area contributed by atoms with Crippen molar-refractivity contribution in [3.63, 3.8) is 0 Å². The summed E-state index contributed by atoms with van der Waals surface area (Å²) in [5.41, 5.74) is 5.22. The van der Waals surface area contributed by atoms with Crippen LogP contribution in [0.4, 0.5) is 5.69 Å². The Labute approximate surface area is 331 Å². The lowest BCUT2D eigenvalue weighted by Gasteiger charge is -2.32. The van der Waals surface area contributed by atoms with Gasteiger partial charge in [-0.2, -0.15) is 0 Å². The van der Waals surface area contributed by atoms with Gasteiger partial charge >= 0.3 is 0 Å². The molecule has 12 heteroatoms. The van der Waals surface area contributed by atoms with Crippen LogP contribution in [0.3, 0.4) is 0 Å². The molecule has 57 heavy (non-hydrogen) atoms. The Balaban J connectivity index is 0.892. The van der Waals surface area contributed by atoms with Crippen molar-refractivity contribution in [3.8, 4) is 0 Å². The maximum absolute atomic E-state index is 14.8. The Kier molecular flexibility index (Phi) is 10.4. The highest BCUT2D eigenvalue weighted by Gasteiger charge is 2.57. The number of imide groups is 1. The number of benzene rings is 4. The lowest BCUT2D eigenvalue weighted by atomic mass is 9.81. The number of unbranched alkanes of at least 4 members (excludes halogenated alkanes) is 1. The molecule has 4 aliphatic heterocycles. The number of aliphatic imine (C=N–C) groups is 1. The number of piperidine rings is 1. The van der Waals surface area contributed by atoms with Crippen molar-refractivity contribution in [1.82, 2.24) is 20.4 Å². The van der Waals surface area contributed by atoms with Gasteiger partial charge in [-0.15, -0.1) is 0 Å². The number of hydrogen-bond acceptors (Lipinski definition) is 8. The van der Waals surface area contributed by atoms with Crippen molar-refractivity contribution in [1.29, 1.82) is 0 Å². The molecule has 1 saturated heterocycles. The SMILES string of the molecule is C=C1c2cccc(NC(=O)CCCCNC(=O)CN3Cc4ccccc4[C@@H]4OC(c5ccccc5)=N[C@]4(Cc4ccccc4)C3=O)c2CN1C1CCC(=O)NC1=O. The first-order valence-corrected chi connectivity index (χ1v) is 19.4. The zero-order valence-corrected chi connectivity index (χ0v) is 31.5. The summed E-state index contributed by atoms with van der Waals surface area (Å²) >= 11 is 0. The quantitative estimate of drug-likeness (QED) is 0.135. The molecule has 3 N–H and O–H groups in total. The van der Waals surface area contributed by atoms with Crippen LogP contribution >= 0.6 is 0 Å². The molecule has 0 radical (unpaired) electrons. The second-order valence-electron chi connectivity index (χ2n) is 15.0. The van der Waals surface area contributed by atoms with Crippen LogP contribution in [0.25, 0.3) is 5.70 Å². The standard InChI is InChI=1S/C45H44N6O6/c1-29-33-19-12-20-36(35(33)27-51(29)37-22-23-39(53)48-42(37)55)47-38(52)21-10-11-24-46-40(54)28-50-26-32-17-8-9-18-34(32)41-45(44(50)56,25-30-13-4-2-5-14-30)49-43(57-41)31-15-6-3-7-16-31/h2-9,12-20,37,41H,1,10-11,21-28H2,(H,46,54)(H,47,52)(H,48,53,55)/t37?,41-,45-/m0/s1. The van der Waals surface area contributed by atoms with Crippen molar-refractivity contribution < 1.29 is 28.7 Å². The van der Waals surface area contributed by atoms with Gasteiger partial charge < -0.3 is 25.2 Å². The van der Waals surface area contributed by atoms with Gasteiger partial charge in [-0.1, -0.05) is 91.5 Å². The summed E-state index contributed by atoms with van der Waals surface area (Å²) in [5, 5.41) is 8.38. The Hall–Kier alpha value is -6.56. The summed E-state index contributed by atoms with van der Waals surface area (Å²) < 4.78 is 6.61. The highest BCUT2D eigenvalue weighted by molar-refractivity contribution is 6.03. The first-order valence-electron chi connectivity index (χ1n) is 19.4. The second-order valence-corrected chi connectivity index (χ2v) is 15.0. The van der Waals surface area contributed by atoms with Gasteiger partial charge in [0.25, 0.3) is 5.91 Å². The molecule has 4 aromatic carbocycles. The van der Waals surface area contributed by atoms with Crippen LogP contribution in [0.15, 0.2) is 115 Å². The van der Waals surface area contributed by atoms with E-state index in [9.17, 15) is 24.0 Å².